The van der Waals surface area contributed by atoms with E-state index >= 15 is 0 Å². The molecule has 2 aromatic heterocycles. The molecule has 4 aromatic rings. The Labute approximate surface area is 155 Å². The highest BCUT2D eigenvalue weighted by atomic mass is 32.2. The van der Waals surface area contributed by atoms with Crippen LogP contribution >= 0.6 is 11.8 Å². The Morgan fingerprint density at radius 3 is 2.46 bits per heavy atom. The van der Waals surface area contributed by atoms with E-state index < -0.39 is 0 Å². The second-order valence-electron chi connectivity index (χ2n) is 5.74. The van der Waals surface area contributed by atoms with Crippen molar-refractivity contribution in [1.82, 2.24) is 20.3 Å². The lowest BCUT2D eigenvalue weighted by atomic mass is 10.1. The molecule has 0 unspecified atom stereocenters. The van der Waals surface area contributed by atoms with Crippen molar-refractivity contribution in [2.75, 3.05) is 0 Å². The van der Waals surface area contributed by atoms with E-state index in [0.29, 0.717) is 17.5 Å². The first-order valence-corrected chi connectivity index (χ1v) is 9.19. The zero-order valence-electron chi connectivity index (χ0n) is 14.2. The third kappa shape index (κ3) is 3.65. The Morgan fingerprint density at radius 1 is 0.885 bits per heavy atom. The summed E-state index contributed by atoms with van der Waals surface area (Å²) in [6.45, 7) is 2.03. The van der Waals surface area contributed by atoms with Crippen LogP contribution in [0.4, 0.5) is 0 Å². The minimum atomic E-state index is 0.554. The lowest BCUT2D eigenvalue weighted by Crippen LogP contribution is -1.90. The molecular formula is C20H16N4OS. The normalized spacial score (nSPS) is 10.8. The zero-order chi connectivity index (χ0) is 17.8. The van der Waals surface area contributed by atoms with Crippen LogP contribution in [0.1, 0.15) is 11.5 Å². The topological polar surface area (TPSA) is 64.7 Å². The quantitative estimate of drug-likeness (QED) is 0.477. The molecule has 4 rings (SSSR count). The van der Waals surface area contributed by atoms with E-state index in [9.17, 15) is 0 Å². The van der Waals surface area contributed by atoms with Gasteiger partial charge in [0.2, 0.25) is 11.7 Å². The third-order valence-electron chi connectivity index (χ3n) is 3.91. The van der Waals surface area contributed by atoms with E-state index in [1.54, 1.807) is 0 Å². The third-order valence-corrected chi connectivity index (χ3v) is 4.81. The molecule has 0 saturated carbocycles. The molecule has 0 amide bonds. The molecule has 26 heavy (non-hydrogen) atoms. The van der Waals surface area contributed by atoms with E-state index in [4.69, 9.17) is 4.52 Å². The molecule has 0 spiro atoms. The smallest absolute Gasteiger partial charge is 0.237 e. The van der Waals surface area contributed by atoms with Gasteiger partial charge in [-0.1, -0.05) is 71.5 Å². The summed E-state index contributed by atoms with van der Waals surface area (Å²) in [6.07, 6.45) is 0. The van der Waals surface area contributed by atoms with Gasteiger partial charge in [0.25, 0.3) is 0 Å². The molecule has 0 atom stereocenters. The molecule has 0 N–H and O–H groups in total. The summed E-state index contributed by atoms with van der Waals surface area (Å²) in [5.41, 5.74) is 4.01. The van der Waals surface area contributed by atoms with Gasteiger partial charge in [-0.2, -0.15) is 4.98 Å². The Bertz CT molecular complexity index is 1000. The molecule has 2 heterocycles. The summed E-state index contributed by atoms with van der Waals surface area (Å²) in [7, 11) is 0. The zero-order valence-corrected chi connectivity index (χ0v) is 15.0. The van der Waals surface area contributed by atoms with Crippen LogP contribution in [0.15, 0.2) is 76.3 Å². The van der Waals surface area contributed by atoms with Crippen LogP contribution < -0.4 is 0 Å². The first kappa shape index (κ1) is 16.5. The number of hydrogen-bond donors (Lipinski definition) is 0. The number of thioether (sulfide) groups is 1. The molecule has 5 nitrogen and oxygen atoms in total. The van der Waals surface area contributed by atoms with E-state index in [2.05, 4.69) is 20.3 Å². The summed E-state index contributed by atoms with van der Waals surface area (Å²) in [5, 5.41) is 13.5. The van der Waals surface area contributed by atoms with E-state index in [0.717, 1.165) is 27.4 Å². The predicted molar refractivity (Wildman–Crippen MR) is 102 cm³/mol. The van der Waals surface area contributed by atoms with Crippen LogP contribution in [0, 0.1) is 6.92 Å². The largest absolute Gasteiger partial charge is 0.338 e. The van der Waals surface area contributed by atoms with Crippen molar-refractivity contribution < 1.29 is 4.52 Å². The van der Waals surface area contributed by atoms with Crippen LogP contribution in [-0.2, 0) is 5.75 Å². The monoisotopic (exact) mass is 360 g/mol. The van der Waals surface area contributed by atoms with E-state index in [1.165, 1.54) is 11.8 Å². The lowest BCUT2D eigenvalue weighted by molar-refractivity contribution is 0.391. The van der Waals surface area contributed by atoms with Gasteiger partial charge in [0.1, 0.15) is 5.03 Å². The number of nitrogens with zero attached hydrogens (tertiary/aromatic N) is 4. The highest BCUT2D eigenvalue weighted by Gasteiger charge is 2.11. The Hall–Kier alpha value is -2.99. The molecule has 0 aliphatic rings. The molecule has 0 aliphatic heterocycles. The number of aryl methyl sites for hydroxylation is 1. The second kappa shape index (κ2) is 7.49. The minimum Gasteiger partial charge on any atom is -0.338 e. The summed E-state index contributed by atoms with van der Waals surface area (Å²) < 4.78 is 5.36. The van der Waals surface area contributed by atoms with Crippen molar-refractivity contribution in [2.45, 2.75) is 17.7 Å². The number of aromatic nitrogens is 4. The van der Waals surface area contributed by atoms with Gasteiger partial charge in [0.15, 0.2) is 0 Å². The Morgan fingerprint density at radius 2 is 1.69 bits per heavy atom. The minimum absolute atomic E-state index is 0.554. The average molecular weight is 360 g/mol. The number of benzene rings is 2. The van der Waals surface area contributed by atoms with Crippen LogP contribution in [0.2, 0.25) is 0 Å². The summed E-state index contributed by atoms with van der Waals surface area (Å²) in [4.78, 5) is 4.47. The van der Waals surface area contributed by atoms with Crippen molar-refractivity contribution in [3.05, 3.63) is 78.2 Å². The van der Waals surface area contributed by atoms with Crippen LogP contribution in [0.25, 0.3) is 22.6 Å². The van der Waals surface area contributed by atoms with Gasteiger partial charge < -0.3 is 4.52 Å². The van der Waals surface area contributed by atoms with Crippen LogP contribution in [0.5, 0.6) is 0 Å². The van der Waals surface area contributed by atoms with Crippen molar-refractivity contribution >= 4 is 11.8 Å². The average Bonchev–Trinajstić information content (AvgIpc) is 3.17. The summed E-state index contributed by atoms with van der Waals surface area (Å²) in [5.74, 6) is 1.74. The van der Waals surface area contributed by atoms with Crippen molar-refractivity contribution in [1.29, 1.82) is 0 Å². The van der Waals surface area contributed by atoms with E-state index in [-0.39, 0.29) is 0 Å². The van der Waals surface area contributed by atoms with Gasteiger partial charge in [-0.05, 0) is 24.6 Å². The highest BCUT2D eigenvalue weighted by Crippen LogP contribution is 2.24. The summed E-state index contributed by atoms with van der Waals surface area (Å²) in [6, 6.07) is 21.9. The molecular weight excluding hydrogens is 344 g/mol. The van der Waals surface area contributed by atoms with Gasteiger partial charge in [0, 0.05) is 11.1 Å². The van der Waals surface area contributed by atoms with Gasteiger partial charge >= 0.3 is 0 Å². The fraction of sp³-hybridized carbons (Fsp3) is 0.100. The predicted octanol–water partition coefficient (Wildman–Crippen LogP) is 4.79. The summed E-state index contributed by atoms with van der Waals surface area (Å²) >= 11 is 1.52. The van der Waals surface area contributed by atoms with Crippen molar-refractivity contribution in [3.8, 4) is 22.6 Å². The molecule has 0 saturated heterocycles. The van der Waals surface area contributed by atoms with Crippen LogP contribution in [-0.4, -0.2) is 20.3 Å². The molecule has 0 bridgehead atoms. The van der Waals surface area contributed by atoms with Crippen molar-refractivity contribution in [2.24, 2.45) is 0 Å². The molecule has 128 valence electrons. The fourth-order valence-corrected chi connectivity index (χ4v) is 3.19. The maximum atomic E-state index is 5.36. The molecule has 6 heteroatoms. The van der Waals surface area contributed by atoms with Crippen LogP contribution in [0.3, 0.4) is 0 Å². The highest BCUT2D eigenvalue weighted by molar-refractivity contribution is 7.98. The van der Waals surface area contributed by atoms with Gasteiger partial charge in [-0.25, -0.2) is 0 Å². The van der Waals surface area contributed by atoms with Gasteiger partial charge in [-0.3, -0.25) is 0 Å². The molecule has 2 aromatic carbocycles. The first-order chi connectivity index (χ1) is 12.8. The van der Waals surface area contributed by atoms with Gasteiger partial charge in [-0.15, -0.1) is 10.2 Å². The Balaban J connectivity index is 1.43. The SMILES string of the molecule is Cc1ccccc1-c1noc(CSc2ccc(-c3ccccc3)nn2)n1. The van der Waals surface area contributed by atoms with E-state index in [1.807, 2.05) is 73.7 Å². The maximum absolute atomic E-state index is 5.36. The number of rotatable bonds is 5. The second-order valence-corrected chi connectivity index (χ2v) is 6.73. The Kier molecular flexibility index (Phi) is 4.75. The molecule has 0 radical (unpaired) electrons. The van der Waals surface area contributed by atoms with Gasteiger partial charge in [0.05, 0.1) is 11.4 Å². The standard InChI is InChI=1S/C20H16N4OS/c1-14-7-5-6-10-16(14)20-21-18(25-24-20)13-26-19-12-11-17(22-23-19)15-8-3-2-4-9-15/h2-12H,13H2,1H3. The van der Waals surface area contributed by atoms with Crippen molar-refractivity contribution in [3.63, 3.8) is 0 Å². The fourth-order valence-electron chi connectivity index (χ4n) is 2.54. The molecule has 0 aliphatic carbocycles. The maximum Gasteiger partial charge on any atom is 0.237 e. The molecule has 0 fully saturated rings. The lowest BCUT2D eigenvalue weighted by Gasteiger charge is -2.01. The first-order valence-electron chi connectivity index (χ1n) is 8.20. The number of hydrogen-bond acceptors (Lipinski definition) is 6.